The largest absolute Gasteiger partial charge is 0.459 e. The van der Waals surface area contributed by atoms with Crippen LogP contribution < -0.4 is 5.32 Å². The fraction of sp³-hybridized carbons (Fsp3) is 0.455. The number of piperazine rings is 1. The minimum Gasteiger partial charge on any atom is -0.459 e. The summed E-state index contributed by atoms with van der Waals surface area (Å²) in [7, 11) is 0. The van der Waals surface area contributed by atoms with Crippen LogP contribution in [0.15, 0.2) is 47.1 Å². The molecule has 0 atom stereocenters. The van der Waals surface area contributed by atoms with Gasteiger partial charge in [-0.05, 0) is 29.8 Å². The Hall–Kier alpha value is -2.68. The summed E-state index contributed by atoms with van der Waals surface area (Å²) in [4.78, 5) is 30.9. The maximum atomic E-state index is 12.4. The van der Waals surface area contributed by atoms with Crippen LogP contribution in [0.25, 0.3) is 0 Å². The highest BCUT2D eigenvalue weighted by atomic mass is 16.5. The quantitative estimate of drug-likeness (QED) is 0.775. The van der Waals surface area contributed by atoms with E-state index in [0.717, 1.165) is 38.5 Å². The van der Waals surface area contributed by atoms with Crippen LogP contribution in [-0.2, 0) is 16.1 Å². The maximum absolute atomic E-state index is 12.4. The van der Waals surface area contributed by atoms with E-state index >= 15 is 0 Å². The molecule has 0 radical (unpaired) electrons. The second-order valence-corrected chi connectivity index (χ2v) is 7.68. The van der Waals surface area contributed by atoms with E-state index in [0.29, 0.717) is 38.5 Å². The van der Waals surface area contributed by atoms with Crippen LogP contribution >= 0.6 is 0 Å². The van der Waals surface area contributed by atoms with E-state index in [1.807, 2.05) is 12.1 Å². The molecule has 2 fully saturated rings. The average Bonchev–Trinajstić information content (AvgIpc) is 3.31. The van der Waals surface area contributed by atoms with Crippen LogP contribution in [0.5, 0.6) is 0 Å². The Morgan fingerprint density at radius 2 is 1.63 bits per heavy atom. The van der Waals surface area contributed by atoms with Crippen molar-refractivity contribution in [3.05, 3.63) is 54.0 Å². The lowest BCUT2D eigenvalue weighted by atomic mass is 10.2. The van der Waals surface area contributed by atoms with Crippen molar-refractivity contribution in [2.75, 3.05) is 64.3 Å². The first kappa shape index (κ1) is 20.6. The molecule has 160 valence electrons. The van der Waals surface area contributed by atoms with Gasteiger partial charge in [-0.15, -0.1) is 0 Å². The predicted octanol–water partition coefficient (Wildman–Crippen LogP) is 1.51. The van der Waals surface area contributed by atoms with E-state index in [2.05, 4.69) is 27.2 Å². The molecule has 8 heteroatoms. The summed E-state index contributed by atoms with van der Waals surface area (Å²) in [6.07, 6.45) is 1.50. The van der Waals surface area contributed by atoms with Crippen molar-refractivity contribution >= 4 is 17.5 Å². The molecule has 2 aliphatic rings. The average molecular weight is 412 g/mol. The number of ether oxygens (including phenoxy) is 1. The zero-order valence-corrected chi connectivity index (χ0v) is 17.1. The zero-order valence-electron chi connectivity index (χ0n) is 17.1. The molecule has 30 heavy (non-hydrogen) atoms. The van der Waals surface area contributed by atoms with Crippen molar-refractivity contribution in [1.29, 1.82) is 0 Å². The highest BCUT2D eigenvalue weighted by Gasteiger charge is 2.24. The normalized spacial score (nSPS) is 18.3. The topological polar surface area (TPSA) is 78.3 Å². The van der Waals surface area contributed by atoms with Crippen molar-refractivity contribution in [2.45, 2.75) is 6.54 Å². The van der Waals surface area contributed by atoms with Gasteiger partial charge in [0.15, 0.2) is 5.76 Å². The Kier molecular flexibility index (Phi) is 6.78. The molecular formula is C22H28N4O4. The van der Waals surface area contributed by atoms with Crippen molar-refractivity contribution in [3.63, 3.8) is 0 Å². The summed E-state index contributed by atoms with van der Waals surface area (Å²) in [5.74, 6) is 0.223. The first-order chi connectivity index (χ1) is 14.7. The Bertz CT molecular complexity index is 823. The highest BCUT2D eigenvalue weighted by Crippen LogP contribution is 2.13. The minimum atomic E-state index is -0.0960. The molecule has 1 aromatic heterocycles. The number of anilines is 1. The molecule has 0 aliphatic carbocycles. The fourth-order valence-electron chi connectivity index (χ4n) is 3.78. The number of carbonyl (C=O) groups excluding carboxylic acids is 2. The number of nitrogens with one attached hydrogen (secondary N) is 1. The smallest absolute Gasteiger partial charge is 0.289 e. The monoisotopic (exact) mass is 412 g/mol. The number of hydrogen-bond acceptors (Lipinski definition) is 6. The van der Waals surface area contributed by atoms with Crippen molar-refractivity contribution in [2.24, 2.45) is 0 Å². The first-order valence-corrected chi connectivity index (χ1v) is 10.4. The Labute approximate surface area is 176 Å². The van der Waals surface area contributed by atoms with Crippen LogP contribution in [0.4, 0.5) is 5.69 Å². The number of furan rings is 1. The molecule has 1 N–H and O–H groups in total. The van der Waals surface area contributed by atoms with Gasteiger partial charge in [0.2, 0.25) is 5.91 Å². The van der Waals surface area contributed by atoms with E-state index < -0.39 is 0 Å². The number of morpholine rings is 1. The van der Waals surface area contributed by atoms with E-state index in [1.165, 1.54) is 11.8 Å². The summed E-state index contributed by atoms with van der Waals surface area (Å²) in [6, 6.07) is 11.4. The molecule has 2 aromatic rings. The highest BCUT2D eigenvalue weighted by molar-refractivity contribution is 5.92. The van der Waals surface area contributed by atoms with E-state index in [-0.39, 0.29) is 11.8 Å². The molecule has 2 amide bonds. The third-order valence-corrected chi connectivity index (χ3v) is 5.51. The Morgan fingerprint density at radius 1 is 0.900 bits per heavy atom. The summed E-state index contributed by atoms with van der Waals surface area (Å²) in [6.45, 7) is 7.22. The van der Waals surface area contributed by atoms with Gasteiger partial charge in [0.05, 0.1) is 26.0 Å². The van der Waals surface area contributed by atoms with E-state index in [4.69, 9.17) is 9.15 Å². The molecule has 4 rings (SSSR count). The van der Waals surface area contributed by atoms with Gasteiger partial charge in [-0.3, -0.25) is 19.4 Å². The number of amides is 2. The molecule has 0 spiro atoms. The number of benzene rings is 1. The van der Waals surface area contributed by atoms with Gasteiger partial charge in [0.25, 0.3) is 5.91 Å². The standard InChI is InChI=1S/C22H28N4O4/c27-21(17-24-7-9-26(10-8-24)22(28)20-2-1-13-30-20)23-19-5-3-18(4-6-19)16-25-11-14-29-15-12-25/h1-6,13H,7-12,14-17H2,(H,23,27). The Morgan fingerprint density at radius 3 is 2.30 bits per heavy atom. The predicted molar refractivity (Wildman–Crippen MR) is 112 cm³/mol. The fourth-order valence-corrected chi connectivity index (χ4v) is 3.78. The van der Waals surface area contributed by atoms with Crippen molar-refractivity contribution in [1.82, 2.24) is 14.7 Å². The molecule has 8 nitrogen and oxygen atoms in total. The molecule has 2 aliphatic heterocycles. The summed E-state index contributed by atoms with van der Waals surface area (Å²) >= 11 is 0. The van der Waals surface area contributed by atoms with Gasteiger partial charge >= 0.3 is 0 Å². The van der Waals surface area contributed by atoms with Crippen LogP contribution in [0, 0.1) is 0 Å². The molecular weight excluding hydrogens is 384 g/mol. The second kappa shape index (κ2) is 9.88. The van der Waals surface area contributed by atoms with Gasteiger partial charge in [0.1, 0.15) is 0 Å². The molecule has 2 saturated heterocycles. The minimum absolute atomic E-state index is 0.0401. The number of carbonyl (C=O) groups is 2. The van der Waals surface area contributed by atoms with Crippen LogP contribution in [0.3, 0.4) is 0 Å². The first-order valence-electron chi connectivity index (χ1n) is 10.4. The lowest BCUT2D eigenvalue weighted by Crippen LogP contribution is -2.50. The van der Waals surface area contributed by atoms with Gasteiger partial charge in [-0.25, -0.2) is 0 Å². The lowest BCUT2D eigenvalue weighted by molar-refractivity contribution is -0.117. The van der Waals surface area contributed by atoms with E-state index in [1.54, 1.807) is 17.0 Å². The molecule has 3 heterocycles. The van der Waals surface area contributed by atoms with Gasteiger partial charge in [0, 0.05) is 51.5 Å². The second-order valence-electron chi connectivity index (χ2n) is 7.68. The zero-order chi connectivity index (χ0) is 20.8. The Balaban J connectivity index is 1.20. The third kappa shape index (κ3) is 5.47. The van der Waals surface area contributed by atoms with Crippen LogP contribution in [-0.4, -0.2) is 85.5 Å². The van der Waals surface area contributed by atoms with Crippen molar-refractivity contribution in [3.8, 4) is 0 Å². The van der Waals surface area contributed by atoms with Gasteiger partial charge in [-0.1, -0.05) is 12.1 Å². The maximum Gasteiger partial charge on any atom is 0.289 e. The summed E-state index contributed by atoms with van der Waals surface area (Å²) in [5.41, 5.74) is 2.03. The third-order valence-electron chi connectivity index (χ3n) is 5.51. The van der Waals surface area contributed by atoms with Crippen molar-refractivity contribution < 1.29 is 18.7 Å². The molecule has 0 bridgehead atoms. The SMILES string of the molecule is O=C(CN1CCN(C(=O)c2ccco2)CC1)Nc1ccc(CN2CCOCC2)cc1. The van der Waals surface area contributed by atoms with Crippen LogP contribution in [0.2, 0.25) is 0 Å². The van der Waals surface area contributed by atoms with E-state index in [9.17, 15) is 9.59 Å². The number of nitrogens with zero attached hydrogens (tertiary/aromatic N) is 3. The number of rotatable bonds is 6. The number of hydrogen-bond donors (Lipinski definition) is 1. The van der Waals surface area contributed by atoms with Crippen LogP contribution in [0.1, 0.15) is 16.1 Å². The lowest BCUT2D eigenvalue weighted by Gasteiger charge is -2.33. The summed E-state index contributed by atoms with van der Waals surface area (Å²) < 4.78 is 10.6. The van der Waals surface area contributed by atoms with Gasteiger partial charge < -0.3 is 19.4 Å². The van der Waals surface area contributed by atoms with Gasteiger partial charge in [-0.2, -0.15) is 0 Å². The molecule has 0 saturated carbocycles. The molecule has 1 aromatic carbocycles. The summed E-state index contributed by atoms with van der Waals surface area (Å²) in [5, 5.41) is 2.97. The molecule has 0 unspecified atom stereocenters.